The molecule has 0 saturated heterocycles. The van der Waals surface area contributed by atoms with E-state index >= 15 is 0 Å². The lowest BCUT2D eigenvalue weighted by Gasteiger charge is -2.11. The molecule has 0 fully saturated rings. The van der Waals surface area contributed by atoms with Crippen molar-refractivity contribution in [1.82, 2.24) is 9.78 Å². The average Bonchev–Trinajstić information content (AvgIpc) is 2.96. The molecule has 1 unspecified atom stereocenters. The van der Waals surface area contributed by atoms with Crippen molar-refractivity contribution < 1.29 is 14.6 Å². The molecular formula is C22H26N2O3. The van der Waals surface area contributed by atoms with E-state index in [1.54, 1.807) is 0 Å². The van der Waals surface area contributed by atoms with Gasteiger partial charge in [-0.3, -0.25) is 9.48 Å². The van der Waals surface area contributed by atoms with Gasteiger partial charge < -0.3 is 9.84 Å². The van der Waals surface area contributed by atoms with Gasteiger partial charge in [0.15, 0.2) is 0 Å². The van der Waals surface area contributed by atoms with Crippen molar-refractivity contribution in [1.29, 1.82) is 0 Å². The Hall–Kier alpha value is -2.82. The molecule has 0 aliphatic heterocycles. The topological polar surface area (TPSA) is 64.4 Å². The Labute approximate surface area is 159 Å². The van der Waals surface area contributed by atoms with Gasteiger partial charge in [0.25, 0.3) is 0 Å². The molecule has 142 valence electrons. The SMILES string of the molecule is Cc1nn(C(C)C)c2ccc(COc3ccc(C(C)CC(=O)O)cc3)cc12. The third kappa shape index (κ3) is 4.30. The Morgan fingerprint density at radius 3 is 2.48 bits per heavy atom. The first-order valence-electron chi connectivity index (χ1n) is 9.27. The van der Waals surface area contributed by atoms with Crippen LogP contribution in [0.5, 0.6) is 5.75 Å². The van der Waals surface area contributed by atoms with Crippen LogP contribution in [0.15, 0.2) is 42.5 Å². The summed E-state index contributed by atoms with van der Waals surface area (Å²) >= 11 is 0. The summed E-state index contributed by atoms with van der Waals surface area (Å²) in [4.78, 5) is 10.8. The van der Waals surface area contributed by atoms with E-state index in [4.69, 9.17) is 9.84 Å². The van der Waals surface area contributed by atoms with Crippen LogP contribution < -0.4 is 4.74 Å². The van der Waals surface area contributed by atoms with Gasteiger partial charge in [0.1, 0.15) is 12.4 Å². The second-order valence-electron chi connectivity index (χ2n) is 7.33. The summed E-state index contributed by atoms with van der Waals surface area (Å²) in [5.41, 5.74) is 4.26. The number of aryl methyl sites for hydroxylation is 1. The number of carboxylic acid groups (broad SMARTS) is 1. The van der Waals surface area contributed by atoms with Crippen LogP contribution in [-0.2, 0) is 11.4 Å². The highest BCUT2D eigenvalue weighted by Gasteiger charge is 2.12. The van der Waals surface area contributed by atoms with E-state index < -0.39 is 5.97 Å². The molecule has 0 aliphatic carbocycles. The van der Waals surface area contributed by atoms with Gasteiger partial charge in [-0.15, -0.1) is 0 Å². The third-order valence-corrected chi connectivity index (χ3v) is 4.78. The Bertz CT molecular complexity index is 942. The van der Waals surface area contributed by atoms with Crippen LogP contribution in [0.2, 0.25) is 0 Å². The zero-order chi connectivity index (χ0) is 19.6. The highest BCUT2D eigenvalue weighted by atomic mass is 16.5. The maximum absolute atomic E-state index is 10.8. The number of nitrogens with zero attached hydrogens (tertiary/aromatic N) is 2. The quantitative estimate of drug-likeness (QED) is 0.633. The first-order chi connectivity index (χ1) is 12.8. The molecule has 0 aliphatic rings. The predicted molar refractivity (Wildman–Crippen MR) is 106 cm³/mol. The van der Waals surface area contributed by atoms with E-state index in [-0.39, 0.29) is 12.3 Å². The van der Waals surface area contributed by atoms with Gasteiger partial charge in [0.05, 0.1) is 17.6 Å². The molecule has 27 heavy (non-hydrogen) atoms. The van der Waals surface area contributed by atoms with Crippen LogP contribution in [0.1, 0.15) is 56.0 Å². The second kappa shape index (κ2) is 7.82. The molecule has 5 nitrogen and oxygen atoms in total. The number of ether oxygens (including phenoxy) is 1. The third-order valence-electron chi connectivity index (χ3n) is 4.78. The smallest absolute Gasteiger partial charge is 0.303 e. The number of benzene rings is 2. The summed E-state index contributed by atoms with van der Waals surface area (Å²) in [5.74, 6) is -0.0234. The maximum atomic E-state index is 10.8. The van der Waals surface area contributed by atoms with E-state index in [1.807, 2.05) is 42.8 Å². The summed E-state index contributed by atoms with van der Waals surface area (Å²) in [6.07, 6.45) is 0.129. The molecule has 1 N–H and O–H groups in total. The molecule has 1 atom stereocenters. The van der Waals surface area contributed by atoms with Crippen molar-refractivity contribution in [2.75, 3.05) is 0 Å². The lowest BCUT2D eigenvalue weighted by Crippen LogP contribution is -2.03. The number of aliphatic carboxylic acids is 1. The van der Waals surface area contributed by atoms with Crippen LogP contribution in [0, 0.1) is 6.92 Å². The fourth-order valence-electron chi connectivity index (χ4n) is 3.26. The summed E-state index contributed by atoms with van der Waals surface area (Å²) in [7, 11) is 0. The fourth-order valence-corrected chi connectivity index (χ4v) is 3.26. The Morgan fingerprint density at radius 1 is 1.15 bits per heavy atom. The first kappa shape index (κ1) is 19.0. The van der Waals surface area contributed by atoms with Crippen molar-refractivity contribution in [2.24, 2.45) is 0 Å². The Kier molecular flexibility index (Phi) is 5.49. The van der Waals surface area contributed by atoms with Crippen LogP contribution in [-0.4, -0.2) is 20.9 Å². The summed E-state index contributed by atoms with van der Waals surface area (Å²) in [5, 5.41) is 14.7. The summed E-state index contributed by atoms with van der Waals surface area (Å²) in [6.45, 7) is 8.68. The van der Waals surface area contributed by atoms with Crippen LogP contribution in [0.4, 0.5) is 0 Å². The van der Waals surface area contributed by atoms with Gasteiger partial charge >= 0.3 is 5.97 Å². The highest BCUT2D eigenvalue weighted by molar-refractivity contribution is 5.82. The lowest BCUT2D eigenvalue weighted by molar-refractivity contribution is -0.137. The number of rotatable bonds is 7. The summed E-state index contributed by atoms with van der Waals surface area (Å²) < 4.78 is 7.96. The standard InChI is InChI=1S/C22H26N2O3/c1-14(2)24-21-10-5-17(12-20(21)16(4)23-24)13-27-19-8-6-18(7-9-19)15(3)11-22(25)26/h5-10,12,14-15H,11,13H2,1-4H3,(H,25,26). The van der Waals surface area contributed by atoms with Gasteiger partial charge in [-0.05, 0) is 62.1 Å². The number of hydrogen-bond donors (Lipinski definition) is 1. The Morgan fingerprint density at radius 2 is 1.85 bits per heavy atom. The van der Waals surface area contributed by atoms with E-state index in [1.165, 1.54) is 0 Å². The van der Waals surface area contributed by atoms with Gasteiger partial charge in [-0.2, -0.15) is 5.10 Å². The molecule has 3 rings (SSSR count). The molecule has 3 aromatic rings. The maximum Gasteiger partial charge on any atom is 0.303 e. The minimum absolute atomic E-state index is 0.0144. The van der Waals surface area contributed by atoms with Crippen molar-refractivity contribution in [3.63, 3.8) is 0 Å². The van der Waals surface area contributed by atoms with Crippen LogP contribution in [0.25, 0.3) is 10.9 Å². The molecular weight excluding hydrogens is 340 g/mol. The van der Waals surface area contributed by atoms with E-state index in [0.29, 0.717) is 12.6 Å². The zero-order valence-electron chi connectivity index (χ0n) is 16.3. The fraction of sp³-hybridized carbons (Fsp3) is 0.364. The van der Waals surface area contributed by atoms with Crippen LogP contribution >= 0.6 is 0 Å². The number of aromatic nitrogens is 2. The molecule has 0 radical (unpaired) electrons. The lowest BCUT2D eigenvalue weighted by atomic mass is 9.98. The van der Waals surface area contributed by atoms with Crippen LogP contribution in [0.3, 0.4) is 0 Å². The molecule has 0 bridgehead atoms. The molecule has 2 aromatic carbocycles. The zero-order valence-corrected chi connectivity index (χ0v) is 16.3. The largest absolute Gasteiger partial charge is 0.489 e. The van der Waals surface area contributed by atoms with Crippen molar-refractivity contribution in [2.45, 2.75) is 52.7 Å². The minimum atomic E-state index is -0.783. The average molecular weight is 366 g/mol. The predicted octanol–water partition coefficient (Wildman–Crippen LogP) is 5.08. The summed E-state index contributed by atoms with van der Waals surface area (Å²) in [6, 6.07) is 14.3. The van der Waals surface area contributed by atoms with E-state index in [9.17, 15) is 4.79 Å². The van der Waals surface area contributed by atoms with Gasteiger partial charge in [-0.1, -0.05) is 25.1 Å². The highest BCUT2D eigenvalue weighted by Crippen LogP contribution is 2.25. The number of hydrogen-bond acceptors (Lipinski definition) is 3. The Balaban J connectivity index is 1.69. The second-order valence-corrected chi connectivity index (χ2v) is 7.33. The first-order valence-corrected chi connectivity index (χ1v) is 9.27. The minimum Gasteiger partial charge on any atom is -0.489 e. The number of fused-ring (bicyclic) bond motifs is 1. The molecule has 1 aromatic heterocycles. The van der Waals surface area contributed by atoms with E-state index in [2.05, 4.69) is 37.1 Å². The number of carbonyl (C=O) groups is 1. The normalized spacial score (nSPS) is 12.5. The number of carboxylic acids is 1. The van der Waals surface area contributed by atoms with Crippen molar-refractivity contribution in [3.8, 4) is 5.75 Å². The van der Waals surface area contributed by atoms with Gasteiger partial charge in [-0.25, -0.2) is 0 Å². The molecule has 1 heterocycles. The van der Waals surface area contributed by atoms with E-state index in [0.717, 1.165) is 33.5 Å². The van der Waals surface area contributed by atoms with Gasteiger partial charge in [0.2, 0.25) is 0 Å². The van der Waals surface area contributed by atoms with Crippen molar-refractivity contribution in [3.05, 3.63) is 59.3 Å². The molecule has 5 heteroatoms. The molecule has 0 amide bonds. The monoisotopic (exact) mass is 366 g/mol. The molecule has 0 saturated carbocycles. The van der Waals surface area contributed by atoms with Gasteiger partial charge in [0, 0.05) is 11.4 Å². The molecule has 0 spiro atoms. The van der Waals surface area contributed by atoms with Crippen molar-refractivity contribution >= 4 is 16.9 Å².